The van der Waals surface area contributed by atoms with E-state index in [0.29, 0.717) is 6.61 Å². The number of rotatable bonds is 5. The summed E-state index contributed by atoms with van der Waals surface area (Å²) in [5.74, 6) is 0.939. The van der Waals surface area contributed by atoms with Gasteiger partial charge in [-0.2, -0.15) is 0 Å². The third kappa shape index (κ3) is 3.10. The molecule has 0 spiro atoms. The first-order valence-electron chi connectivity index (χ1n) is 7.46. The lowest BCUT2D eigenvalue weighted by molar-refractivity contribution is 0.174. The monoisotopic (exact) mass is 293 g/mol. The summed E-state index contributed by atoms with van der Waals surface area (Å²) in [7, 11) is 0. The van der Waals surface area contributed by atoms with Gasteiger partial charge in [-0.15, -0.1) is 0 Å². The molecule has 0 aliphatic rings. The third-order valence-electron chi connectivity index (χ3n) is 3.62. The van der Waals surface area contributed by atoms with Crippen LogP contribution < -0.4 is 4.74 Å². The molecule has 0 bridgehead atoms. The van der Waals surface area contributed by atoms with Gasteiger partial charge in [-0.3, -0.25) is 4.98 Å². The van der Waals surface area contributed by atoms with Crippen molar-refractivity contribution in [2.24, 2.45) is 5.92 Å². The second kappa shape index (κ2) is 6.58. The number of hydrogen-bond acceptors (Lipinski definition) is 3. The zero-order chi connectivity index (χ0) is 15.4. The molecule has 2 aromatic carbocycles. The van der Waals surface area contributed by atoms with Crippen LogP contribution in [0.5, 0.6) is 5.75 Å². The van der Waals surface area contributed by atoms with Crippen LogP contribution >= 0.6 is 0 Å². The fourth-order valence-electron chi connectivity index (χ4n) is 2.38. The Bertz CT molecular complexity index is 765. The molecule has 1 N–H and O–H groups in total. The first-order chi connectivity index (χ1) is 10.8. The smallest absolute Gasteiger partial charge is 0.119 e. The Kier molecular flexibility index (Phi) is 4.35. The van der Waals surface area contributed by atoms with E-state index in [1.807, 2.05) is 43.5 Å². The van der Waals surface area contributed by atoms with Gasteiger partial charge in [-0.25, -0.2) is 0 Å². The predicted octanol–water partition coefficient (Wildman–Crippen LogP) is 3.91. The van der Waals surface area contributed by atoms with Crippen molar-refractivity contribution in [2.75, 3.05) is 13.2 Å². The molecule has 1 unspecified atom stereocenters. The standard InChI is InChI=1S/C19H19NO2/c1-14(12-21)13-22-17-8-2-6-16(11-17)18-9-3-5-15-7-4-10-20-19(15)18/h2-11,14,21H,12-13H2,1H3. The molecule has 1 aromatic heterocycles. The van der Waals surface area contributed by atoms with E-state index >= 15 is 0 Å². The summed E-state index contributed by atoms with van der Waals surface area (Å²) in [4.78, 5) is 4.50. The summed E-state index contributed by atoms with van der Waals surface area (Å²) in [5.41, 5.74) is 3.17. The maximum Gasteiger partial charge on any atom is 0.119 e. The number of pyridine rings is 1. The van der Waals surface area contributed by atoms with Crippen LogP contribution in [0.2, 0.25) is 0 Å². The minimum absolute atomic E-state index is 0.128. The summed E-state index contributed by atoms with van der Waals surface area (Å²) in [6, 6.07) is 18.2. The second-order valence-electron chi connectivity index (χ2n) is 5.51. The molecule has 3 nitrogen and oxygen atoms in total. The van der Waals surface area contributed by atoms with Gasteiger partial charge in [0.25, 0.3) is 0 Å². The van der Waals surface area contributed by atoms with Gasteiger partial charge in [0.15, 0.2) is 0 Å². The molecule has 22 heavy (non-hydrogen) atoms. The van der Waals surface area contributed by atoms with Crippen molar-refractivity contribution in [1.29, 1.82) is 0 Å². The quantitative estimate of drug-likeness (QED) is 0.775. The largest absolute Gasteiger partial charge is 0.493 e. The van der Waals surface area contributed by atoms with Crippen LogP contribution in [0, 0.1) is 5.92 Å². The van der Waals surface area contributed by atoms with E-state index in [4.69, 9.17) is 9.84 Å². The van der Waals surface area contributed by atoms with E-state index in [2.05, 4.69) is 29.2 Å². The highest BCUT2D eigenvalue weighted by molar-refractivity contribution is 5.93. The molecule has 3 heteroatoms. The molecule has 1 heterocycles. The van der Waals surface area contributed by atoms with Crippen molar-refractivity contribution < 1.29 is 9.84 Å². The molecule has 0 saturated carbocycles. The molecule has 3 aromatic rings. The Morgan fingerprint density at radius 3 is 2.77 bits per heavy atom. The van der Waals surface area contributed by atoms with Gasteiger partial charge < -0.3 is 9.84 Å². The SMILES string of the molecule is CC(CO)COc1cccc(-c2cccc3cccnc23)c1. The zero-order valence-corrected chi connectivity index (χ0v) is 12.6. The Labute approximate surface area is 130 Å². The van der Waals surface area contributed by atoms with Gasteiger partial charge in [0.1, 0.15) is 5.75 Å². The lowest BCUT2D eigenvalue weighted by Crippen LogP contribution is -2.12. The van der Waals surface area contributed by atoms with E-state index in [1.54, 1.807) is 0 Å². The average molecular weight is 293 g/mol. The van der Waals surface area contributed by atoms with Gasteiger partial charge in [-0.05, 0) is 23.8 Å². The van der Waals surface area contributed by atoms with Crippen LogP contribution in [-0.4, -0.2) is 23.3 Å². The molecule has 0 fully saturated rings. The predicted molar refractivity (Wildman–Crippen MR) is 88.9 cm³/mol. The number of ether oxygens (including phenoxy) is 1. The number of aliphatic hydroxyl groups excluding tert-OH is 1. The van der Waals surface area contributed by atoms with Gasteiger partial charge >= 0.3 is 0 Å². The molecule has 0 aliphatic carbocycles. The van der Waals surface area contributed by atoms with Crippen LogP contribution in [0.15, 0.2) is 60.8 Å². The van der Waals surface area contributed by atoms with Crippen LogP contribution in [0.3, 0.4) is 0 Å². The van der Waals surface area contributed by atoms with Crippen molar-refractivity contribution in [3.05, 3.63) is 60.8 Å². The van der Waals surface area contributed by atoms with E-state index in [0.717, 1.165) is 27.8 Å². The number of nitrogens with zero attached hydrogens (tertiary/aromatic N) is 1. The molecular weight excluding hydrogens is 274 g/mol. The Balaban J connectivity index is 1.94. The van der Waals surface area contributed by atoms with Crippen LogP contribution in [0.25, 0.3) is 22.0 Å². The van der Waals surface area contributed by atoms with E-state index in [9.17, 15) is 0 Å². The summed E-state index contributed by atoms with van der Waals surface area (Å²) < 4.78 is 5.75. The van der Waals surface area contributed by atoms with Gasteiger partial charge in [0.2, 0.25) is 0 Å². The molecule has 0 saturated heterocycles. The van der Waals surface area contributed by atoms with E-state index < -0.39 is 0 Å². The molecule has 0 amide bonds. The highest BCUT2D eigenvalue weighted by Crippen LogP contribution is 2.29. The second-order valence-corrected chi connectivity index (χ2v) is 5.51. The van der Waals surface area contributed by atoms with Crippen LogP contribution in [0.1, 0.15) is 6.92 Å². The number of benzene rings is 2. The number of aliphatic hydroxyl groups is 1. The first kappa shape index (κ1) is 14.5. The topological polar surface area (TPSA) is 42.4 Å². The molecular formula is C19H19NO2. The number of aromatic nitrogens is 1. The van der Waals surface area contributed by atoms with Crippen molar-refractivity contribution >= 4 is 10.9 Å². The minimum atomic E-state index is 0.128. The van der Waals surface area contributed by atoms with Gasteiger partial charge in [-0.1, -0.05) is 43.3 Å². The fraction of sp³-hybridized carbons (Fsp3) is 0.211. The zero-order valence-electron chi connectivity index (χ0n) is 12.6. The van der Waals surface area contributed by atoms with E-state index in [-0.39, 0.29) is 12.5 Å². The van der Waals surface area contributed by atoms with Crippen LogP contribution in [-0.2, 0) is 0 Å². The molecule has 0 aliphatic heterocycles. The Morgan fingerprint density at radius 2 is 1.91 bits per heavy atom. The molecule has 0 radical (unpaired) electrons. The molecule has 1 atom stereocenters. The summed E-state index contributed by atoms with van der Waals surface area (Å²) in [5, 5.41) is 10.2. The van der Waals surface area contributed by atoms with Crippen molar-refractivity contribution in [2.45, 2.75) is 6.92 Å². The van der Waals surface area contributed by atoms with Gasteiger partial charge in [0, 0.05) is 29.7 Å². The van der Waals surface area contributed by atoms with Crippen molar-refractivity contribution in [3.8, 4) is 16.9 Å². The van der Waals surface area contributed by atoms with Crippen molar-refractivity contribution in [1.82, 2.24) is 4.98 Å². The first-order valence-corrected chi connectivity index (χ1v) is 7.46. The summed E-state index contributed by atoms with van der Waals surface area (Å²) >= 11 is 0. The molecule has 3 rings (SSSR count). The Hall–Kier alpha value is -2.39. The summed E-state index contributed by atoms with van der Waals surface area (Å²) in [6.07, 6.45) is 1.81. The molecule has 112 valence electrons. The number of hydrogen-bond donors (Lipinski definition) is 1. The third-order valence-corrected chi connectivity index (χ3v) is 3.62. The lowest BCUT2D eigenvalue weighted by Gasteiger charge is -2.12. The average Bonchev–Trinajstić information content (AvgIpc) is 2.59. The highest BCUT2D eigenvalue weighted by Gasteiger charge is 2.07. The highest BCUT2D eigenvalue weighted by atomic mass is 16.5. The number of para-hydroxylation sites is 1. The Morgan fingerprint density at radius 1 is 1.09 bits per heavy atom. The lowest BCUT2D eigenvalue weighted by atomic mass is 10.0. The minimum Gasteiger partial charge on any atom is -0.493 e. The fourth-order valence-corrected chi connectivity index (χ4v) is 2.38. The maximum absolute atomic E-state index is 9.08. The number of fused-ring (bicyclic) bond motifs is 1. The summed E-state index contributed by atoms with van der Waals surface area (Å²) in [6.45, 7) is 2.60. The van der Waals surface area contributed by atoms with Gasteiger partial charge in [0.05, 0.1) is 12.1 Å². The van der Waals surface area contributed by atoms with Crippen molar-refractivity contribution in [3.63, 3.8) is 0 Å². The maximum atomic E-state index is 9.08. The van der Waals surface area contributed by atoms with Crippen LogP contribution in [0.4, 0.5) is 0 Å². The normalized spacial score (nSPS) is 12.3. The van der Waals surface area contributed by atoms with E-state index in [1.165, 1.54) is 0 Å².